The molecule has 0 radical (unpaired) electrons. The van der Waals surface area contributed by atoms with Gasteiger partial charge in [-0.2, -0.15) is 0 Å². The van der Waals surface area contributed by atoms with E-state index in [1.54, 1.807) is 42.7 Å². The predicted molar refractivity (Wildman–Crippen MR) is 112 cm³/mol. The van der Waals surface area contributed by atoms with E-state index in [1.807, 2.05) is 12.1 Å². The second-order valence-corrected chi connectivity index (χ2v) is 8.96. The summed E-state index contributed by atoms with van der Waals surface area (Å²) in [6, 6.07) is 14.9. The summed E-state index contributed by atoms with van der Waals surface area (Å²) in [5.74, 6) is -0.205. The van der Waals surface area contributed by atoms with Crippen LogP contribution in [0.2, 0.25) is 5.02 Å². The number of nitrogens with one attached hydrogen (secondary N) is 1. The van der Waals surface area contributed by atoms with Crippen molar-refractivity contribution >= 4 is 33.2 Å². The molecule has 8 heteroatoms. The van der Waals surface area contributed by atoms with Crippen LogP contribution in [-0.2, 0) is 23.0 Å². The van der Waals surface area contributed by atoms with Crippen molar-refractivity contribution in [1.29, 1.82) is 0 Å². The fourth-order valence-corrected chi connectivity index (χ4v) is 4.91. The van der Waals surface area contributed by atoms with E-state index >= 15 is 0 Å². The molecule has 0 fully saturated rings. The van der Waals surface area contributed by atoms with E-state index in [0.29, 0.717) is 35.8 Å². The van der Waals surface area contributed by atoms with E-state index in [4.69, 9.17) is 11.6 Å². The van der Waals surface area contributed by atoms with Gasteiger partial charge in [0.15, 0.2) is 0 Å². The highest BCUT2D eigenvalue weighted by atomic mass is 35.5. The highest BCUT2D eigenvalue weighted by Crippen LogP contribution is 2.33. The first-order valence-electron chi connectivity index (χ1n) is 9.03. The minimum Gasteiger partial charge on any atom is -0.348 e. The largest absolute Gasteiger partial charge is 0.348 e. The van der Waals surface area contributed by atoms with Gasteiger partial charge >= 0.3 is 0 Å². The van der Waals surface area contributed by atoms with Crippen LogP contribution in [0, 0.1) is 0 Å². The van der Waals surface area contributed by atoms with Crippen molar-refractivity contribution in [3.63, 3.8) is 0 Å². The van der Waals surface area contributed by atoms with Crippen LogP contribution in [0.5, 0.6) is 0 Å². The highest BCUT2D eigenvalue weighted by Gasteiger charge is 2.31. The van der Waals surface area contributed by atoms with Gasteiger partial charge in [-0.15, -0.1) is 0 Å². The van der Waals surface area contributed by atoms with Gasteiger partial charge in [-0.3, -0.25) is 14.1 Å². The molecule has 2 heterocycles. The van der Waals surface area contributed by atoms with Gasteiger partial charge in [0.2, 0.25) is 0 Å². The summed E-state index contributed by atoms with van der Waals surface area (Å²) in [7, 11) is -3.68. The van der Waals surface area contributed by atoms with Crippen molar-refractivity contribution in [1.82, 2.24) is 10.3 Å². The number of pyridine rings is 1. The maximum Gasteiger partial charge on any atom is 0.264 e. The Hall–Kier alpha value is -2.90. The molecule has 0 spiro atoms. The number of hydrogen-bond acceptors (Lipinski definition) is 4. The Morgan fingerprint density at radius 2 is 1.79 bits per heavy atom. The molecule has 0 unspecified atom stereocenters. The monoisotopic (exact) mass is 427 g/mol. The third-order valence-corrected chi connectivity index (χ3v) is 6.88. The summed E-state index contributed by atoms with van der Waals surface area (Å²) in [6.45, 7) is 0.734. The van der Waals surface area contributed by atoms with Crippen LogP contribution >= 0.6 is 11.6 Å². The Bertz CT molecular complexity index is 1150. The first kappa shape index (κ1) is 19.4. The quantitative estimate of drug-likeness (QED) is 0.676. The number of amides is 1. The number of carbonyl (C=O) groups is 1. The lowest BCUT2D eigenvalue weighted by molar-refractivity contribution is 0.0951. The number of benzene rings is 2. The Balaban J connectivity index is 1.53. The molecule has 1 aromatic heterocycles. The molecule has 0 saturated heterocycles. The molecule has 0 bridgehead atoms. The number of sulfonamides is 1. The van der Waals surface area contributed by atoms with E-state index in [9.17, 15) is 13.2 Å². The molecule has 29 heavy (non-hydrogen) atoms. The zero-order valence-corrected chi connectivity index (χ0v) is 16.9. The maximum absolute atomic E-state index is 13.0. The number of halogens is 1. The summed E-state index contributed by atoms with van der Waals surface area (Å²) in [6.07, 6.45) is 3.90. The topological polar surface area (TPSA) is 79.4 Å². The van der Waals surface area contributed by atoms with Crippen LogP contribution in [0.1, 0.15) is 21.5 Å². The fourth-order valence-electron chi connectivity index (χ4n) is 3.28. The predicted octanol–water partition coefficient (Wildman–Crippen LogP) is 3.42. The zero-order valence-electron chi connectivity index (χ0n) is 15.4. The van der Waals surface area contributed by atoms with Crippen molar-refractivity contribution in [3.05, 3.63) is 88.7 Å². The maximum atomic E-state index is 13.0. The number of aromatic nitrogens is 1. The van der Waals surface area contributed by atoms with Crippen LogP contribution < -0.4 is 9.62 Å². The zero-order chi connectivity index (χ0) is 20.4. The molecular formula is C21H18ClN3O3S. The molecular weight excluding hydrogens is 410 g/mol. The first-order chi connectivity index (χ1) is 13.9. The Kier molecular flexibility index (Phi) is 5.25. The molecule has 0 saturated carbocycles. The number of hydrogen-bond donors (Lipinski definition) is 1. The van der Waals surface area contributed by atoms with Crippen molar-refractivity contribution in [2.24, 2.45) is 0 Å². The highest BCUT2D eigenvalue weighted by molar-refractivity contribution is 7.92. The van der Waals surface area contributed by atoms with Gasteiger partial charge in [0.05, 0.1) is 10.6 Å². The first-order valence-corrected chi connectivity index (χ1v) is 10.9. The minimum atomic E-state index is -3.68. The second-order valence-electron chi connectivity index (χ2n) is 6.66. The van der Waals surface area contributed by atoms with Crippen LogP contribution in [0.15, 0.2) is 71.9 Å². The van der Waals surface area contributed by atoms with E-state index in [-0.39, 0.29) is 10.8 Å². The molecule has 6 nitrogen and oxygen atoms in total. The van der Waals surface area contributed by atoms with Gasteiger partial charge in [-0.05, 0) is 72.1 Å². The normalized spacial score (nSPS) is 13.2. The molecule has 3 aromatic rings. The number of nitrogens with zero attached hydrogens (tertiary/aromatic N) is 2. The van der Waals surface area contributed by atoms with Crippen LogP contribution in [0.3, 0.4) is 0 Å². The van der Waals surface area contributed by atoms with E-state index in [0.717, 1.165) is 11.1 Å². The minimum absolute atomic E-state index is 0.189. The summed E-state index contributed by atoms with van der Waals surface area (Å²) < 4.78 is 27.3. The number of anilines is 1. The molecule has 1 aliphatic rings. The summed E-state index contributed by atoms with van der Waals surface area (Å²) in [5.41, 5.74) is 2.89. The van der Waals surface area contributed by atoms with Gasteiger partial charge in [-0.1, -0.05) is 11.6 Å². The molecule has 0 aliphatic carbocycles. The van der Waals surface area contributed by atoms with E-state index < -0.39 is 10.0 Å². The molecule has 1 N–H and O–H groups in total. The summed E-state index contributed by atoms with van der Waals surface area (Å²) in [5, 5.41) is 3.35. The molecule has 0 atom stereocenters. The number of fused-ring (bicyclic) bond motifs is 1. The standard InChI is InChI=1S/C21H18ClN3O3S/c22-18-2-4-19(5-3-18)29(27,28)25-12-9-16-13-17(1-6-20(16)25)21(26)24-14-15-7-10-23-11-8-15/h1-8,10-11,13H,9,12,14H2,(H,24,26). The van der Waals surface area contributed by atoms with Crippen molar-refractivity contribution in [2.75, 3.05) is 10.8 Å². The smallest absolute Gasteiger partial charge is 0.264 e. The van der Waals surface area contributed by atoms with E-state index in [2.05, 4.69) is 10.3 Å². The Morgan fingerprint density at radius 3 is 2.52 bits per heavy atom. The van der Waals surface area contributed by atoms with Gasteiger partial charge in [0, 0.05) is 36.1 Å². The average Bonchev–Trinajstić information content (AvgIpc) is 3.17. The number of rotatable bonds is 5. The number of carbonyl (C=O) groups excluding carboxylic acids is 1. The second kappa shape index (κ2) is 7.85. The van der Waals surface area contributed by atoms with Crippen molar-refractivity contribution in [2.45, 2.75) is 17.9 Å². The van der Waals surface area contributed by atoms with Gasteiger partial charge < -0.3 is 5.32 Å². The summed E-state index contributed by atoms with van der Waals surface area (Å²) in [4.78, 5) is 16.6. The van der Waals surface area contributed by atoms with Crippen LogP contribution in [0.25, 0.3) is 0 Å². The van der Waals surface area contributed by atoms with Crippen molar-refractivity contribution < 1.29 is 13.2 Å². The molecule has 4 rings (SSSR count). The van der Waals surface area contributed by atoms with Gasteiger partial charge in [-0.25, -0.2) is 8.42 Å². The lowest BCUT2D eigenvalue weighted by Gasteiger charge is -2.19. The van der Waals surface area contributed by atoms with Crippen molar-refractivity contribution in [3.8, 4) is 0 Å². The SMILES string of the molecule is O=C(NCc1ccncc1)c1ccc2c(c1)CCN2S(=O)(=O)c1ccc(Cl)cc1. The molecule has 2 aromatic carbocycles. The van der Waals surface area contributed by atoms with E-state index in [1.165, 1.54) is 16.4 Å². The lowest BCUT2D eigenvalue weighted by Crippen LogP contribution is -2.29. The fraction of sp³-hybridized carbons (Fsp3) is 0.143. The molecule has 1 amide bonds. The third kappa shape index (κ3) is 3.97. The Morgan fingerprint density at radius 1 is 1.07 bits per heavy atom. The summed E-state index contributed by atoms with van der Waals surface area (Å²) >= 11 is 5.86. The molecule has 1 aliphatic heterocycles. The average molecular weight is 428 g/mol. The third-order valence-electron chi connectivity index (χ3n) is 4.80. The van der Waals surface area contributed by atoms with Crippen LogP contribution in [0.4, 0.5) is 5.69 Å². The van der Waals surface area contributed by atoms with Gasteiger partial charge in [0.1, 0.15) is 0 Å². The van der Waals surface area contributed by atoms with Gasteiger partial charge in [0.25, 0.3) is 15.9 Å². The lowest BCUT2D eigenvalue weighted by atomic mass is 10.1. The van der Waals surface area contributed by atoms with Crippen LogP contribution in [-0.4, -0.2) is 25.9 Å². The Labute approximate surface area is 174 Å². The molecule has 148 valence electrons.